The van der Waals surface area contributed by atoms with Crippen molar-refractivity contribution >= 4 is 27.5 Å². The highest BCUT2D eigenvalue weighted by Gasteiger charge is 2.23. The zero-order valence-electron chi connectivity index (χ0n) is 19.0. The number of hydrogen-bond donors (Lipinski definition) is 0. The summed E-state index contributed by atoms with van der Waals surface area (Å²) >= 11 is 1.50. The SMILES string of the molecule is CCOC(=O)c1cn(Cc2ccccc2OC)c2sc(-c3ccccc3OC)c(C)c2c1=O. The van der Waals surface area contributed by atoms with Crippen LogP contribution in [-0.4, -0.2) is 31.4 Å². The number of aryl methyl sites for hydroxylation is 1. The molecule has 4 aromatic rings. The fourth-order valence-electron chi connectivity index (χ4n) is 3.95. The lowest BCUT2D eigenvalue weighted by molar-refractivity contribution is 0.0524. The van der Waals surface area contributed by atoms with Crippen LogP contribution in [0.2, 0.25) is 0 Å². The van der Waals surface area contributed by atoms with E-state index in [4.69, 9.17) is 14.2 Å². The first kappa shape index (κ1) is 22.6. The smallest absolute Gasteiger partial charge is 0.343 e. The van der Waals surface area contributed by atoms with Gasteiger partial charge in [-0.1, -0.05) is 30.3 Å². The third kappa shape index (κ3) is 4.12. The molecule has 0 aliphatic carbocycles. The fourth-order valence-corrected chi connectivity index (χ4v) is 5.26. The van der Waals surface area contributed by atoms with Crippen molar-refractivity contribution in [2.75, 3.05) is 20.8 Å². The summed E-state index contributed by atoms with van der Waals surface area (Å²) in [5.41, 5.74) is 2.34. The highest BCUT2D eigenvalue weighted by Crippen LogP contribution is 2.41. The Kier molecular flexibility index (Phi) is 6.51. The molecule has 0 saturated heterocycles. The molecule has 0 fully saturated rings. The van der Waals surface area contributed by atoms with Crippen LogP contribution in [0.25, 0.3) is 20.7 Å². The van der Waals surface area contributed by atoms with E-state index in [0.29, 0.717) is 11.9 Å². The number of hydrogen-bond acceptors (Lipinski definition) is 6. The molecule has 0 aliphatic heterocycles. The first-order valence-corrected chi connectivity index (χ1v) is 11.4. The molecule has 0 bridgehead atoms. The molecule has 0 amide bonds. The molecule has 0 saturated carbocycles. The number of aromatic nitrogens is 1. The maximum Gasteiger partial charge on any atom is 0.343 e. The van der Waals surface area contributed by atoms with Gasteiger partial charge in [0.15, 0.2) is 0 Å². The van der Waals surface area contributed by atoms with Crippen LogP contribution in [0.3, 0.4) is 0 Å². The molecule has 0 spiro atoms. The lowest BCUT2D eigenvalue weighted by Gasteiger charge is -2.13. The van der Waals surface area contributed by atoms with E-state index in [1.807, 2.05) is 60.0 Å². The van der Waals surface area contributed by atoms with E-state index in [0.717, 1.165) is 37.9 Å². The highest BCUT2D eigenvalue weighted by atomic mass is 32.1. The number of rotatable bonds is 7. The molecular weight excluding hydrogens is 438 g/mol. The number of para-hydroxylation sites is 2. The standard InChI is InChI=1S/C26H25NO5S/c1-5-32-26(29)19-15-27(14-17-10-6-8-12-20(17)30-3)25-22(23(19)28)16(2)24(33-25)18-11-7-9-13-21(18)31-4/h6-13,15H,5,14H2,1-4H3. The predicted octanol–water partition coefficient (Wildman–Crippen LogP) is 5.28. The third-order valence-electron chi connectivity index (χ3n) is 5.53. The van der Waals surface area contributed by atoms with Crippen molar-refractivity contribution in [3.8, 4) is 21.9 Å². The summed E-state index contributed by atoms with van der Waals surface area (Å²) in [7, 11) is 3.25. The van der Waals surface area contributed by atoms with E-state index in [1.54, 1.807) is 27.3 Å². The lowest BCUT2D eigenvalue weighted by atomic mass is 10.1. The number of thiophene rings is 1. The molecule has 170 valence electrons. The number of nitrogens with zero attached hydrogens (tertiary/aromatic N) is 1. The van der Waals surface area contributed by atoms with E-state index in [2.05, 4.69) is 0 Å². The molecule has 0 unspecified atom stereocenters. The Morgan fingerprint density at radius 3 is 2.36 bits per heavy atom. The van der Waals surface area contributed by atoms with Crippen molar-refractivity contribution in [3.63, 3.8) is 0 Å². The number of carbonyl (C=O) groups excluding carboxylic acids is 1. The summed E-state index contributed by atoms with van der Waals surface area (Å²) in [4.78, 5) is 27.8. The molecule has 0 N–H and O–H groups in total. The summed E-state index contributed by atoms with van der Waals surface area (Å²) in [6.07, 6.45) is 1.59. The van der Waals surface area contributed by atoms with E-state index in [-0.39, 0.29) is 17.6 Å². The minimum atomic E-state index is -0.623. The molecule has 6 nitrogen and oxygen atoms in total. The Bertz CT molecular complexity index is 1390. The van der Waals surface area contributed by atoms with Gasteiger partial charge in [-0.25, -0.2) is 4.79 Å². The Balaban J connectivity index is 2.00. The molecule has 0 radical (unpaired) electrons. The first-order chi connectivity index (χ1) is 16.0. The number of benzene rings is 2. The van der Waals surface area contributed by atoms with Crippen LogP contribution in [0, 0.1) is 6.92 Å². The van der Waals surface area contributed by atoms with Gasteiger partial charge in [-0.15, -0.1) is 11.3 Å². The molecular formula is C26H25NO5S. The quantitative estimate of drug-likeness (QED) is 0.349. The number of carbonyl (C=O) groups is 1. The average molecular weight is 464 g/mol. The van der Waals surface area contributed by atoms with Gasteiger partial charge in [0.2, 0.25) is 5.43 Å². The van der Waals surface area contributed by atoms with E-state index < -0.39 is 5.97 Å². The van der Waals surface area contributed by atoms with Gasteiger partial charge in [0, 0.05) is 22.2 Å². The maximum atomic E-state index is 13.4. The topological polar surface area (TPSA) is 66.8 Å². The minimum Gasteiger partial charge on any atom is -0.496 e. The van der Waals surface area contributed by atoms with Gasteiger partial charge in [-0.2, -0.15) is 0 Å². The number of pyridine rings is 1. The monoisotopic (exact) mass is 463 g/mol. The molecule has 4 rings (SSSR count). The Morgan fingerprint density at radius 2 is 1.67 bits per heavy atom. The van der Waals surface area contributed by atoms with Gasteiger partial charge in [0.1, 0.15) is 21.9 Å². The maximum absolute atomic E-state index is 13.4. The van der Waals surface area contributed by atoms with Crippen molar-refractivity contribution in [1.29, 1.82) is 0 Å². The van der Waals surface area contributed by atoms with E-state index in [9.17, 15) is 9.59 Å². The molecule has 2 aromatic carbocycles. The van der Waals surface area contributed by atoms with Gasteiger partial charge >= 0.3 is 5.97 Å². The number of methoxy groups -OCH3 is 2. The van der Waals surface area contributed by atoms with Crippen LogP contribution in [0.1, 0.15) is 28.4 Å². The predicted molar refractivity (Wildman–Crippen MR) is 131 cm³/mol. The van der Waals surface area contributed by atoms with Gasteiger partial charge in [0.25, 0.3) is 0 Å². The Labute approximate surface area is 196 Å². The normalized spacial score (nSPS) is 10.9. The van der Waals surface area contributed by atoms with Crippen LogP contribution in [0.5, 0.6) is 11.5 Å². The average Bonchev–Trinajstić information content (AvgIpc) is 3.18. The van der Waals surface area contributed by atoms with Crippen molar-refractivity contribution in [1.82, 2.24) is 4.57 Å². The minimum absolute atomic E-state index is 0.0201. The van der Waals surface area contributed by atoms with E-state index >= 15 is 0 Å². The first-order valence-electron chi connectivity index (χ1n) is 10.6. The largest absolute Gasteiger partial charge is 0.496 e. The van der Waals surface area contributed by atoms with Gasteiger partial charge in [-0.05, 0) is 37.6 Å². The molecule has 0 aliphatic rings. The Hall–Kier alpha value is -3.58. The third-order valence-corrected chi connectivity index (χ3v) is 6.89. The van der Waals surface area contributed by atoms with Gasteiger partial charge in [-0.3, -0.25) is 4.79 Å². The van der Waals surface area contributed by atoms with Gasteiger partial charge < -0.3 is 18.8 Å². The summed E-state index contributed by atoms with van der Waals surface area (Å²) in [6.45, 7) is 4.25. The van der Waals surface area contributed by atoms with Gasteiger partial charge in [0.05, 0.1) is 32.8 Å². The second kappa shape index (κ2) is 9.50. The van der Waals surface area contributed by atoms with E-state index in [1.165, 1.54) is 11.3 Å². The fraction of sp³-hybridized carbons (Fsp3) is 0.231. The van der Waals surface area contributed by atoms with Crippen molar-refractivity contribution in [2.24, 2.45) is 0 Å². The second-order valence-electron chi connectivity index (χ2n) is 7.47. The summed E-state index contributed by atoms with van der Waals surface area (Å²) < 4.78 is 18.2. The zero-order valence-corrected chi connectivity index (χ0v) is 19.8. The number of esters is 1. The van der Waals surface area contributed by atoms with Crippen molar-refractivity contribution < 1.29 is 19.0 Å². The molecule has 33 heavy (non-hydrogen) atoms. The molecule has 2 aromatic heterocycles. The molecule has 0 atom stereocenters. The van der Waals surface area contributed by atoms with Crippen LogP contribution in [-0.2, 0) is 11.3 Å². The van der Waals surface area contributed by atoms with Crippen LogP contribution >= 0.6 is 11.3 Å². The second-order valence-corrected chi connectivity index (χ2v) is 8.47. The van der Waals surface area contributed by atoms with Crippen molar-refractivity contribution in [2.45, 2.75) is 20.4 Å². The summed E-state index contributed by atoms with van der Waals surface area (Å²) in [5.74, 6) is 0.837. The van der Waals surface area contributed by atoms with Crippen LogP contribution in [0.15, 0.2) is 59.5 Å². The zero-order chi connectivity index (χ0) is 23.5. The molecule has 2 heterocycles. The van der Waals surface area contributed by atoms with Crippen LogP contribution in [0.4, 0.5) is 0 Å². The van der Waals surface area contributed by atoms with Crippen molar-refractivity contribution in [3.05, 3.63) is 81.6 Å². The summed E-state index contributed by atoms with van der Waals surface area (Å²) in [6, 6.07) is 15.4. The highest BCUT2D eigenvalue weighted by molar-refractivity contribution is 7.22. The number of fused-ring (bicyclic) bond motifs is 1. The summed E-state index contributed by atoms with van der Waals surface area (Å²) in [5, 5.41) is 0.515. The Morgan fingerprint density at radius 1 is 1.00 bits per heavy atom. The number of ether oxygens (including phenoxy) is 3. The lowest BCUT2D eigenvalue weighted by Crippen LogP contribution is -2.21. The van der Waals surface area contributed by atoms with Crippen LogP contribution < -0.4 is 14.9 Å². The molecule has 7 heteroatoms.